The Bertz CT molecular complexity index is 418. The number of aryl methyl sites for hydroxylation is 1. The highest BCUT2D eigenvalue weighted by Gasteiger charge is 2.14. The maximum Gasteiger partial charge on any atom is 0.122 e. The first-order valence-electron chi connectivity index (χ1n) is 8.18. The van der Waals surface area contributed by atoms with Crippen molar-refractivity contribution >= 4 is 0 Å². The lowest BCUT2D eigenvalue weighted by atomic mass is 9.95. The molecule has 0 radical (unpaired) electrons. The van der Waals surface area contributed by atoms with Crippen LogP contribution in [0.4, 0.5) is 0 Å². The first-order chi connectivity index (χ1) is 9.99. The van der Waals surface area contributed by atoms with Crippen molar-refractivity contribution < 1.29 is 9.84 Å². The van der Waals surface area contributed by atoms with Gasteiger partial charge in [-0.1, -0.05) is 39.3 Å². The van der Waals surface area contributed by atoms with Crippen molar-refractivity contribution in [3.63, 3.8) is 0 Å². The topological polar surface area (TPSA) is 55.5 Å². The number of benzene rings is 1. The smallest absolute Gasteiger partial charge is 0.122 e. The Kier molecular flexibility index (Phi) is 7.76. The van der Waals surface area contributed by atoms with E-state index in [-0.39, 0.29) is 6.04 Å². The summed E-state index contributed by atoms with van der Waals surface area (Å²) in [6, 6.07) is 6.23. The highest BCUT2D eigenvalue weighted by molar-refractivity contribution is 5.39. The van der Waals surface area contributed by atoms with Crippen molar-refractivity contribution in [1.82, 2.24) is 0 Å². The van der Waals surface area contributed by atoms with Crippen LogP contribution in [0.3, 0.4) is 0 Å². The predicted molar refractivity (Wildman–Crippen MR) is 88.9 cm³/mol. The van der Waals surface area contributed by atoms with Gasteiger partial charge in [0.1, 0.15) is 5.75 Å². The molecule has 0 aliphatic rings. The fourth-order valence-electron chi connectivity index (χ4n) is 2.55. The van der Waals surface area contributed by atoms with Gasteiger partial charge in [0.05, 0.1) is 12.7 Å². The molecule has 0 aliphatic carbocycles. The Balaban J connectivity index is 2.69. The molecule has 21 heavy (non-hydrogen) atoms. The van der Waals surface area contributed by atoms with Crippen LogP contribution in [0.5, 0.6) is 5.75 Å². The zero-order chi connectivity index (χ0) is 15.8. The van der Waals surface area contributed by atoms with Gasteiger partial charge in [-0.25, -0.2) is 0 Å². The SMILES string of the molecule is CCCC(N)C(O)CCc1ccc(OCC)c(C(C)C)c1. The summed E-state index contributed by atoms with van der Waals surface area (Å²) in [6.45, 7) is 9.13. The van der Waals surface area contributed by atoms with Gasteiger partial charge in [-0.3, -0.25) is 0 Å². The van der Waals surface area contributed by atoms with Gasteiger partial charge in [-0.05, 0) is 49.3 Å². The second-order valence-corrected chi connectivity index (χ2v) is 6.02. The number of nitrogens with two attached hydrogens (primary N) is 1. The fraction of sp³-hybridized carbons (Fsp3) is 0.667. The summed E-state index contributed by atoms with van der Waals surface area (Å²) in [5.74, 6) is 1.40. The van der Waals surface area contributed by atoms with Gasteiger partial charge in [-0.15, -0.1) is 0 Å². The molecule has 1 aromatic rings. The Labute approximate surface area is 129 Å². The average molecular weight is 293 g/mol. The maximum absolute atomic E-state index is 10.1. The molecule has 0 aromatic heterocycles. The van der Waals surface area contributed by atoms with Crippen LogP contribution in [0.25, 0.3) is 0 Å². The van der Waals surface area contributed by atoms with E-state index in [2.05, 4.69) is 32.9 Å². The predicted octanol–water partition coefficient (Wildman–Crippen LogP) is 3.63. The summed E-state index contributed by atoms with van der Waals surface area (Å²) in [6.07, 6.45) is 3.04. The van der Waals surface area contributed by atoms with Crippen LogP contribution in [-0.4, -0.2) is 23.9 Å². The van der Waals surface area contributed by atoms with Crippen LogP contribution in [-0.2, 0) is 6.42 Å². The van der Waals surface area contributed by atoms with Crippen LogP contribution in [0.2, 0.25) is 0 Å². The molecule has 0 amide bonds. The van der Waals surface area contributed by atoms with Gasteiger partial charge in [-0.2, -0.15) is 0 Å². The van der Waals surface area contributed by atoms with Crippen LogP contribution in [0.15, 0.2) is 18.2 Å². The van der Waals surface area contributed by atoms with E-state index in [4.69, 9.17) is 10.5 Å². The zero-order valence-electron chi connectivity index (χ0n) is 13.9. The van der Waals surface area contributed by atoms with Crippen LogP contribution in [0.1, 0.15) is 64.0 Å². The Morgan fingerprint density at radius 3 is 2.48 bits per heavy atom. The van der Waals surface area contributed by atoms with Gasteiger partial charge in [0.25, 0.3) is 0 Å². The Morgan fingerprint density at radius 1 is 1.19 bits per heavy atom. The van der Waals surface area contributed by atoms with Crippen molar-refractivity contribution in [2.45, 2.75) is 71.4 Å². The van der Waals surface area contributed by atoms with Gasteiger partial charge in [0.15, 0.2) is 0 Å². The molecule has 2 atom stereocenters. The normalized spacial score (nSPS) is 14.2. The summed E-state index contributed by atoms with van der Waals surface area (Å²) >= 11 is 0. The van der Waals surface area contributed by atoms with Crippen molar-refractivity contribution in [3.05, 3.63) is 29.3 Å². The van der Waals surface area contributed by atoms with E-state index >= 15 is 0 Å². The van der Waals surface area contributed by atoms with Gasteiger partial charge in [0.2, 0.25) is 0 Å². The highest BCUT2D eigenvalue weighted by atomic mass is 16.5. The van der Waals surface area contributed by atoms with E-state index in [1.807, 2.05) is 13.0 Å². The van der Waals surface area contributed by atoms with Crippen LogP contribution < -0.4 is 10.5 Å². The van der Waals surface area contributed by atoms with Crippen molar-refractivity contribution in [2.24, 2.45) is 5.73 Å². The summed E-state index contributed by atoms with van der Waals surface area (Å²) in [4.78, 5) is 0. The second kappa shape index (κ2) is 9.06. The van der Waals surface area contributed by atoms with Crippen LogP contribution in [0, 0.1) is 0 Å². The Hall–Kier alpha value is -1.06. The largest absolute Gasteiger partial charge is 0.494 e. The monoisotopic (exact) mass is 293 g/mol. The standard InChI is InChI=1S/C18H31NO2/c1-5-7-16(19)17(20)10-8-14-9-11-18(21-6-2)15(12-14)13(3)4/h9,11-13,16-17,20H,5-8,10,19H2,1-4H3. The minimum Gasteiger partial charge on any atom is -0.494 e. The van der Waals surface area contributed by atoms with Crippen molar-refractivity contribution in [1.29, 1.82) is 0 Å². The fourth-order valence-corrected chi connectivity index (χ4v) is 2.55. The van der Waals surface area contributed by atoms with Crippen LogP contribution >= 0.6 is 0 Å². The number of hydrogen-bond acceptors (Lipinski definition) is 3. The lowest BCUT2D eigenvalue weighted by molar-refractivity contribution is 0.131. The Morgan fingerprint density at radius 2 is 1.90 bits per heavy atom. The minimum absolute atomic E-state index is 0.109. The molecule has 0 heterocycles. The zero-order valence-corrected chi connectivity index (χ0v) is 13.9. The lowest BCUT2D eigenvalue weighted by Crippen LogP contribution is -2.34. The molecule has 2 unspecified atom stereocenters. The van der Waals surface area contributed by atoms with E-state index in [0.29, 0.717) is 18.9 Å². The van der Waals surface area contributed by atoms with E-state index in [9.17, 15) is 5.11 Å². The molecular weight excluding hydrogens is 262 g/mol. The van der Waals surface area contributed by atoms with E-state index in [1.54, 1.807) is 0 Å². The maximum atomic E-state index is 10.1. The molecule has 0 spiro atoms. The molecule has 1 aromatic carbocycles. The molecule has 0 bridgehead atoms. The molecule has 1 rings (SSSR count). The van der Waals surface area contributed by atoms with E-state index in [0.717, 1.165) is 25.0 Å². The molecule has 0 saturated carbocycles. The van der Waals surface area contributed by atoms with E-state index < -0.39 is 6.10 Å². The first-order valence-corrected chi connectivity index (χ1v) is 8.18. The molecule has 120 valence electrons. The molecule has 3 heteroatoms. The average Bonchev–Trinajstić information content (AvgIpc) is 2.46. The number of aliphatic hydroxyl groups excluding tert-OH is 1. The first kappa shape index (κ1) is 18.0. The highest BCUT2D eigenvalue weighted by Crippen LogP contribution is 2.28. The molecule has 3 N–H and O–H groups in total. The quantitative estimate of drug-likeness (QED) is 0.731. The van der Waals surface area contributed by atoms with Gasteiger partial charge < -0.3 is 15.6 Å². The third-order valence-corrected chi connectivity index (χ3v) is 3.84. The van der Waals surface area contributed by atoms with Crippen molar-refractivity contribution in [2.75, 3.05) is 6.61 Å². The van der Waals surface area contributed by atoms with Gasteiger partial charge >= 0.3 is 0 Å². The number of rotatable bonds is 9. The minimum atomic E-state index is -0.418. The third-order valence-electron chi connectivity index (χ3n) is 3.84. The third kappa shape index (κ3) is 5.68. The number of hydrogen-bond donors (Lipinski definition) is 2. The summed E-state index contributed by atoms with van der Waals surface area (Å²) in [7, 11) is 0. The lowest BCUT2D eigenvalue weighted by Gasteiger charge is -2.19. The summed E-state index contributed by atoms with van der Waals surface area (Å²) in [5.41, 5.74) is 8.44. The molecule has 3 nitrogen and oxygen atoms in total. The molecule has 0 saturated heterocycles. The molecule has 0 aliphatic heterocycles. The second-order valence-electron chi connectivity index (χ2n) is 6.02. The summed E-state index contributed by atoms with van der Waals surface area (Å²) in [5, 5.41) is 10.1. The number of ether oxygens (including phenoxy) is 1. The molecular formula is C18H31NO2. The number of aliphatic hydroxyl groups is 1. The summed E-state index contributed by atoms with van der Waals surface area (Å²) < 4.78 is 5.68. The van der Waals surface area contributed by atoms with Crippen molar-refractivity contribution in [3.8, 4) is 5.75 Å². The molecule has 0 fully saturated rings. The van der Waals surface area contributed by atoms with Gasteiger partial charge in [0, 0.05) is 6.04 Å². The van der Waals surface area contributed by atoms with E-state index in [1.165, 1.54) is 11.1 Å².